The average molecular weight is 924 g/mol. The predicted molar refractivity (Wildman–Crippen MR) is 220 cm³/mol. The van der Waals surface area contributed by atoms with Crippen molar-refractivity contribution in [2.75, 3.05) is 37.7 Å². The molecule has 0 spiro atoms. The quantitative estimate of drug-likeness (QED) is 0.0256. The van der Waals surface area contributed by atoms with E-state index in [1.165, 1.54) is 6.92 Å². The largest absolute Gasteiger partial charge is 0.481 e. The van der Waals surface area contributed by atoms with E-state index in [4.69, 9.17) is 22.3 Å². The highest BCUT2D eigenvalue weighted by Gasteiger charge is 2.40. The molecule has 1 fully saturated rings. The zero-order valence-corrected chi connectivity index (χ0v) is 35.5. The van der Waals surface area contributed by atoms with E-state index in [-0.39, 0.29) is 43.9 Å². The minimum Gasteiger partial charge on any atom is -0.481 e. The highest BCUT2D eigenvalue weighted by atomic mass is 32.1. The zero-order valence-electron chi connectivity index (χ0n) is 33.7. The molecule has 26 nitrogen and oxygen atoms in total. The number of carbonyl (C=O) groups is 11. The summed E-state index contributed by atoms with van der Waals surface area (Å²) in [6, 6.07) is -12.1. The van der Waals surface area contributed by atoms with Gasteiger partial charge in [-0.3, -0.25) is 47.9 Å². The van der Waals surface area contributed by atoms with Gasteiger partial charge >= 0.3 is 11.9 Å². The van der Waals surface area contributed by atoms with E-state index in [0.29, 0.717) is 12.8 Å². The molecule has 28 heteroatoms. The number of carboxylic acids is 2. The van der Waals surface area contributed by atoms with Gasteiger partial charge in [-0.15, -0.1) is 0 Å². The molecule has 0 radical (unpaired) electrons. The van der Waals surface area contributed by atoms with Crippen LogP contribution in [0.5, 0.6) is 0 Å². The molecule has 0 aromatic carbocycles. The summed E-state index contributed by atoms with van der Waals surface area (Å²) in [5, 5.41) is 54.2. The Labute approximate surface area is 366 Å². The van der Waals surface area contributed by atoms with Crippen molar-refractivity contribution in [3.8, 4) is 0 Å². The molecule has 0 bridgehead atoms. The Morgan fingerprint density at radius 2 is 1.34 bits per heavy atom. The highest BCUT2D eigenvalue weighted by molar-refractivity contribution is 7.80. The van der Waals surface area contributed by atoms with E-state index >= 15 is 0 Å². The van der Waals surface area contributed by atoms with Crippen LogP contribution in [-0.4, -0.2) is 183 Å². The van der Waals surface area contributed by atoms with Crippen molar-refractivity contribution in [1.29, 1.82) is 0 Å². The second-order valence-corrected chi connectivity index (χ2v) is 14.8. The minimum absolute atomic E-state index is 0.0183. The molecule has 17 N–H and O–H groups in total. The van der Waals surface area contributed by atoms with E-state index in [9.17, 15) is 68.1 Å². The summed E-state index contributed by atoms with van der Waals surface area (Å²) in [6.45, 7) is -0.540. The first-order valence-corrected chi connectivity index (χ1v) is 20.5. The van der Waals surface area contributed by atoms with Crippen molar-refractivity contribution in [2.45, 2.75) is 106 Å². The Morgan fingerprint density at radius 3 is 1.87 bits per heavy atom. The number of carboxylic acid groups (broad SMARTS) is 2. The van der Waals surface area contributed by atoms with Crippen LogP contribution >= 0.6 is 25.3 Å². The standard InChI is InChI=1S/C34H57N11O15S2/c1-15(47)26(44-27(52)16(36)13-61)32(57)40-17(5-2-3-7-35)33(58)45-8-4-6-22(45)31(56)42-20(12-46)30(55)41-19(10-25(50)51)28(53)38-11-24(49)39-18(9-23(37)48)29(54)43-21(14-62)34(59)60/h15-22,26,46-47,61-62H,2-14,35-36H2,1H3,(H2,37,48)(H,38,53)(H,39,49)(H,40,57)(H,41,55)(H,42,56)(H,43,54)(H,44,52)(H,50,51)(H,59,60)/t15-,16+,17+,18+,19+,20+,21+,22+,26+/m1/s1. The number of nitrogens with zero attached hydrogens (tertiary/aromatic N) is 1. The van der Waals surface area contributed by atoms with Gasteiger partial charge < -0.3 is 79.7 Å². The van der Waals surface area contributed by atoms with Gasteiger partial charge in [-0.25, -0.2) is 4.79 Å². The lowest BCUT2D eigenvalue weighted by molar-refractivity contribution is -0.143. The molecule has 0 aliphatic carbocycles. The number of primary amides is 1. The molecule has 1 aliphatic heterocycles. The lowest BCUT2D eigenvalue weighted by atomic mass is 10.0. The van der Waals surface area contributed by atoms with Gasteiger partial charge in [0.15, 0.2) is 0 Å². The summed E-state index contributed by atoms with van der Waals surface area (Å²) in [4.78, 5) is 140. The molecule has 9 atom stereocenters. The van der Waals surface area contributed by atoms with Crippen LogP contribution < -0.4 is 54.4 Å². The monoisotopic (exact) mass is 923 g/mol. The van der Waals surface area contributed by atoms with Gasteiger partial charge in [0, 0.05) is 18.1 Å². The van der Waals surface area contributed by atoms with Gasteiger partial charge in [0.1, 0.15) is 42.3 Å². The van der Waals surface area contributed by atoms with Gasteiger partial charge in [-0.05, 0) is 45.6 Å². The van der Waals surface area contributed by atoms with E-state index in [0.717, 1.165) is 4.90 Å². The third-order valence-corrected chi connectivity index (χ3v) is 9.86. The second kappa shape index (κ2) is 27.6. The SMILES string of the molecule is C[C@@H](O)[C@H](NC(=O)[C@@H](N)CS)C(=O)N[C@@H](CCCCN)C(=O)N1CCC[C@H]1C(=O)N[C@@H](CO)C(=O)N[C@@H](CC(=O)O)C(=O)NCC(=O)N[C@@H](CC(N)=O)C(=O)N[C@@H](CS)C(=O)O. The first kappa shape index (κ1) is 54.7. The number of aliphatic hydroxyl groups is 2. The fourth-order valence-corrected chi connectivity index (χ4v) is 6.20. The fraction of sp³-hybridized carbons (Fsp3) is 0.676. The fourth-order valence-electron chi connectivity index (χ4n) is 5.79. The Balaban J connectivity index is 3.11. The topological polar surface area (TPSA) is 434 Å². The molecule has 0 unspecified atom stereocenters. The van der Waals surface area contributed by atoms with Crippen LogP contribution in [0.25, 0.3) is 0 Å². The van der Waals surface area contributed by atoms with Crippen molar-refractivity contribution in [3.63, 3.8) is 0 Å². The van der Waals surface area contributed by atoms with Gasteiger partial charge in [-0.2, -0.15) is 25.3 Å². The van der Waals surface area contributed by atoms with Gasteiger partial charge in [0.05, 0.1) is 38.1 Å². The van der Waals surface area contributed by atoms with Gasteiger partial charge in [-0.1, -0.05) is 0 Å². The van der Waals surface area contributed by atoms with Crippen molar-refractivity contribution >= 4 is 90.4 Å². The van der Waals surface area contributed by atoms with Gasteiger partial charge in [0.25, 0.3) is 0 Å². The number of aliphatic carboxylic acids is 2. The highest BCUT2D eigenvalue weighted by Crippen LogP contribution is 2.20. The third-order valence-electron chi connectivity index (χ3n) is 9.10. The number of hydrogen-bond donors (Lipinski definition) is 16. The smallest absolute Gasteiger partial charge is 0.327 e. The molecular formula is C34H57N11O15S2. The number of amides is 9. The lowest BCUT2D eigenvalue weighted by Crippen LogP contribution is -2.61. The molecule has 1 saturated heterocycles. The number of aliphatic hydroxyl groups excluding tert-OH is 2. The molecule has 62 heavy (non-hydrogen) atoms. The van der Waals surface area contributed by atoms with Crippen LogP contribution in [0, 0.1) is 0 Å². The Kier molecular flexibility index (Phi) is 24.4. The maximum Gasteiger partial charge on any atom is 0.327 e. The minimum atomic E-state index is -1.92. The lowest BCUT2D eigenvalue weighted by Gasteiger charge is -2.31. The number of thiol groups is 2. The average Bonchev–Trinajstić information content (AvgIpc) is 3.71. The van der Waals surface area contributed by atoms with E-state index in [2.05, 4.69) is 51.8 Å². The van der Waals surface area contributed by atoms with Crippen LogP contribution in [-0.2, 0) is 52.7 Å². The maximum absolute atomic E-state index is 13.9. The van der Waals surface area contributed by atoms with Gasteiger partial charge in [0.2, 0.25) is 53.2 Å². The van der Waals surface area contributed by atoms with Crippen molar-refractivity contribution in [1.82, 2.24) is 42.1 Å². The number of rotatable bonds is 28. The summed E-state index contributed by atoms with van der Waals surface area (Å²) in [6.07, 6.45) is -2.10. The molecule has 9 amide bonds. The summed E-state index contributed by atoms with van der Waals surface area (Å²) >= 11 is 7.74. The number of nitrogens with one attached hydrogen (secondary N) is 7. The Morgan fingerprint density at radius 1 is 0.742 bits per heavy atom. The molecule has 1 heterocycles. The van der Waals surface area contributed by atoms with Crippen molar-refractivity contribution < 1.29 is 73.2 Å². The molecule has 0 aromatic heterocycles. The molecule has 0 aromatic rings. The van der Waals surface area contributed by atoms with Crippen molar-refractivity contribution in [2.24, 2.45) is 17.2 Å². The van der Waals surface area contributed by atoms with Crippen LogP contribution in [0.4, 0.5) is 0 Å². The molecule has 1 aliphatic rings. The summed E-state index contributed by atoms with van der Waals surface area (Å²) in [5.74, 6) is -12.7. The third kappa shape index (κ3) is 18.4. The molecular weight excluding hydrogens is 867 g/mol. The van der Waals surface area contributed by atoms with Crippen LogP contribution in [0.1, 0.15) is 51.9 Å². The molecule has 0 saturated carbocycles. The number of nitrogens with two attached hydrogens (primary N) is 3. The summed E-state index contributed by atoms with van der Waals surface area (Å²) in [5.41, 5.74) is 16.4. The molecule has 350 valence electrons. The predicted octanol–water partition coefficient (Wildman–Crippen LogP) is -7.87. The number of hydrogen-bond acceptors (Lipinski definition) is 17. The normalized spacial score (nSPS) is 17.3. The van der Waals surface area contributed by atoms with E-state index in [1.54, 1.807) is 0 Å². The number of likely N-dealkylation sites (tertiary alicyclic amines) is 1. The van der Waals surface area contributed by atoms with Crippen LogP contribution in [0.2, 0.25) is 0 Å². The van der Waals surface area contributed by atoms with Crippen LogP contribution in [0.15, 0.2) is 0 Å². The summed E-state index contributed by atoms with van der Waals surface area (Å²) < 4.78 is 0. The van der Waals surface area contributed by atoms with Crippen LogP contribution in [0.3, 0.4) is 0 Å². The Hall–Kier alpha value is -5.29. The first-order chi connectivity index (χ1) is 29.1. The molecule has 1 rings (SSSR count). The van der Waals surface area contributed by atoms with E-state index in [1.807, 2.05) is 10.6 Å². The van der Waals surface area contributed by atoms with E-state index < -0.39 is 146 Å². The zero-order chi connectivity index (χ0) is 47.3. The first-order valence-electron chi connectivity index (χ1n) is 19.2. The second-order valence-electron chi connectivity index (χ2n) is 14.0. The number of unbranched alkanes of at least 4 members (excludes halogenated alkanes) is 1. The van der Waals surface area contributed by atoms with Crippen molar-refractivity contribution in [3.05, 3.63) is 0 Å². The Bertz CT molecular complexity index is 1640. The summed E-state index contributed by atoms with van der Waals surface area (Å²) in [7, 11) is 0. The maximum atomic E-state index is 13.9. The number of carbonyl (C=O) groups excluding carboxylic acids is 9.